The van der Waals surface area contributed by atoms with Gasteiger partial charge in [-0.25, -0.2) is 9.59 Å². The average molecular weight is 392 g/mol. The number of para-hydroxylation sites is 1. The highest BCUT2D eigenvalue weighted by molar-refractivity contribution is 5.89. The van der Waals surface area contributed by atoms with Crippen molar-refractivity contribution in [1.29, 1.82) is 0 Å². The zero-order valence-corrected chi connectivity index (χ0v) is 16.9. The molecule has 7 nitrogen and oxygen atoms in total. The molecule has 0 bridgehead atoms. The summed E-state index contributed by atoms with van der Waals surface area (Å²) in [5.41, 5.74) is 1.30. The Morgan fingerprint density at radius 3 is 2.25 bits per heavy atom. The molecule has 0 aromatic heterocycles. The van der Waals surface area contributed by atoms with Gasteiger partial charge in [0, 0.05) is 36.8 Å². The fourth-order valence-corrected chi connectivity index (χ4v) is 3.18. The molecule has 0 aliphatic carbocycles. The van der Waals surface area contributed by atoms with Crippen molar-refractivity contribution in [1.82, 2.24) is 10.2 Å². The molecule has 0 amide bonds. The van der Waals surface area contributed by atoms with E-state index >= 15 is 0 Å². The lowest BCUT2D eigenvalue weighted by atomic mass is 10.0. The van der Waals surface area contributed by atoms with Gasteiger partial charge in [-0.1, -0.05) is 32.0 Å². The number of methoxy groups -OCH3 is 1. The van der Waals surface area contributed by atoms with E-state index in [-0.39, 0.29) is 0 Å². The first-order valence-electron chi connectivity index (χ1n) is 9.54. The van der Waals surface area contributed by atoms with Gasteiger partial charge >= 0.3 is 11.9 Å². The van der Waals surface area contributed by atoms with E-state index in [1.807, 2.05) is 6.07 Å². The normalized spacial score (nSPS) is 14.8. The van der Waals surface area contributed by atoms with Crippen LogP contribution < -0.4 is 10.1 Å². The number of carboxylic acid groups (broad SMARTS) is 2. The lowest BCUT2D eigenvalue weighted by Gasteiger charge is -2.36. The predicted molar refractivity (Wildman–Crippen MR) is 109 cm³/mol. The molecule has 1 aliphatic heterocycles. The number of nitrogens with zero attached hydrogens (tertiary/aromatic N) is 1. The molecule has 1 aliphatic rings. The third-order valence-corrected chi connectivity index (χ3v) is 4.36. The molecule has 3 N–H and O–H groups in total. The Balaban J connectivity index is 0.000000416. The number of hydrogen-bond donors (Lipinski definition) is 3. The molecular weight excluding hydrogens is 360 g/mol. The molecule has 0 radical (unpaired) electrons. The number of carbonyl (C=O) groups is 2. The largest absolute Gasteiger partial charge is 0.496 e. The first kappa shape index (κ1) is 23.7. The van der Waals surface area contributed by atoms with Gasteiger partial charge in [0.05, 0.1) is 7.11 Å². The van der Waals surface area contributed by atoms with Gasteiger partial charge in [0.1, 0.15) is 5.75 Å². The topological polar surface area (TPSA) is 99.1 Å². The van der Waals surface area contributed by atoms with Crippen molar-refractivity contribution in [3.8, 4) is 5.75 Å². The first-order valence-corrected chi connectivity index (χ1v) is 9.54. The number of benzene rings is 1. The van der Waals surface area contributed by atoms with Crippen LogP contribution in [0.5, 0.6) is 5.75 Å². The minimum absolute atomic E-state index is 0.558. The fraction of sp³-hybridized carbons (Fsp3) is 0.524. The smallest absolute Gasteiger partial charge is 0.328 e. The molecule has 0 unspecified atom stereocenters. The highest BCUT2D eigenvalue weighted by Gasteiger charge is 2.22. The monoisotopic (exact) mass is 392 g/mol. The van der Waals surface area contributed by atoms with Crippen LogP contribution in [-0.2, 0) is 16.1 Å². The molecular formula is C21H32N2O5. The summed E-state index contributed by atoms with van der Waals surface area (Å²) in [6.45, 7) is 9.04. The molecule has 1 aromatic rings. The summed E-state index contributed by atoms with van der Waals surface area (Å²) < 4.78 is 5.50. The Bertz CT molecular complexity index is 623. The molecule has 1 saturated heterocycles. The molecule has 28 heavy (non-hydrogen) atoms. The zero-order valence-electron chi connectivity index (χ0n) is 16.9. The summed E-state index contributed by atoms with van der Waals surface area (Å²) >= 11 is 0. The molecule has 0 spiro atoms. The minimum atomic E-state index is -1.26. The van der Waals surface area contributed by atoms with E-state index in [0.29, 0.717) is 24.1 Å². The highest BCUT2D eigenvalue weighted by atomic mass is 16.5. The molecule has 0 saturated carbocycles. The van der Waals surface area contributed by atoms with Gasteiger partial charge in [0.25, 0.3) is 0 Å². The Morgan fingerprint density at radius 2 is 1.75 bits per heavy atom. The molecule has 7 heteroatoms. The van der Waals surface area contributed by atoms with Gasteiger partial charge in [-0.2, -0.15) is 0 Å². The molecule has 156 valence electrons. The third-order valence-electron chi connectivity index (χ3n) is 4.36. The van der Waals surface area contributed by atoms with Gasteiger partial charge in [-0.3, -0.25) is 4.90 Å². The van der Waals surface area contributed by atoms with Gasteiger partial charge in [0.15, 0.2) is 0 Å². The summed E-state index contributed by atoms with van der Waals surface area (Å²) in [7, 11) is 1.76. The Morgan fingerprint density at radius 1 is 1.18 bits per heavy atom. The number of hydrogen-bond acceptors (Lipinski definition) is 5. The van der Waals surface area contributed by atoms with Crippen molar-refractivity contribution >= 4 is 11.9 Å². The van der Waals surface area contributed by atoms with Crippen molar-refractivity contribution in [2.24, 2.45) is 5.92 Å². The third kappa shape index (κ3) is 9.53. The molecule has 0 atom stereocenters. The second kappa shape index (κ2) is 12.9. The van der Waals surface area contributed by atoms with Crippen molar-refractivity contribution in [2.75, 3.05) is 26.7 Å². The van der Waals surface area contributed by atoms with Crippen molar-refractivity contribution in [3.63, 3.8) is 0 Å². The molecule has 1 fully saturated rings. The van der Waals surface area contributed by atoms with E-state index in [9.17, 15) is 9.59 Å². The summed E-state index contributed by atoms with van der Waals surface area (Å²) in [5.74, 6) is -0.811. The first-order chi connectivity index (χ1) is 13.3. The number of ether oxygens (including phenoxy) is 1. The van der Waals surface area contributed by atoms with Crippen LogP contribution in [-0.4, -0.2) is 59.8 Å². The van der Waals surface area contributed by atoms with E-state index in [2.05, 4.69) is 42.3 Å². The second-order valence-electron chi connectivity index (χ2n) is 7.13. The lowest BCUT2D eigenvalue weighted by Crippen LogP contribution is -2.44. The number of rotatable bonds is 8. The number of carboxylic acids is 2. The highest BCUT2D eigenvalue weighted by Crippen LogP contribution is 2.23. The Labute approximate surface area is 167 Å². The summed E-state index contributed by atoms with van der Waals surface area (Å²) in [4.78, 5) is 21.7. The fourth-order valence-electron chi connectivity index (χ4n) is 3.18. The van der Waals surface area contributed by atoms with Crippen molar-refractivity contribution in [3.05, 3.63) is 42.0 Å². The van der Waals surface area contributed by atoms with E-state index in [1.54, 1.807) is 7.11 Å². The van der Waals surface area contributed by atoms with Gasteiger partial charge < -0.3 is 20.3 Å². The molecule has 1 aromatic carbocycles. The maximum Gasteiger partial charge on any atom is 0.328 e. The van der Waals surface area contributed by atoms with Crippen LogP contribution in [0.4, 0.5) is 0 Å². The number of nitrogens with one attached hydrogen (secondary N) is 1. The average Bonchev–Trinajstić information content (AvgIpc) is 2.67. The van der Waals surface area contributed by atoms with Gasteiger partial charge in [-0.15, -0.1) is 0 Å². The van der Waals surface area contributed by atoms with Gasteiger partial charge in [0.2, 0.25) is 0 Å². The minimum Gasteiger partial charge on any atom is -0.496 e. The van der Waals surface area contributed by atoms with Crippen LogP contribution in [0.15, 0.2) is 36.4 Å². The van der Waals surface area contributed by atoms with Crippen molar-refractivity contribution in [2.45, 2.75) is 39.3 Å². The van der Waals surface area contributed by atoms with Crippen LogP contribution >= 0.6 is 0 Å². The quantitative estimate of drug-likeness (QED) is 0.585. The van der Waals surface area contributed by atoms with Crippen LogP contribution in [0.3, 0.4) is 0 Å². The molecule has 1 heterocycles. The van der Waals surface area contributed by atoms with E-state index in [4.69, 9.17) is 14.9 Å². The number of piperidine rings is 1. The van der Waals surface area contributed by atoms with Gasteiger partial charge in [-0.05, 0) is 37.9 Å². The maximum absolute atomic E-state index is 9.55. The lowest BCUT2D eigenvalue weighted by molar-refractivity contribution is -0.134. The Kier molecular flexibility index (Phi) is 10.9. The zero-order chi connectivity index (χ0) is 20.9. The second-order valence-corrected chi connectivity index (χ2v) is 7.13. The van der Waals surface area contributed by atoms with E-state index in [0.717, 1.165) is 31.9 Å². The standard InChI is InChI=1S/C17H28N2O.C4H4O4/c1-14(2)12-19(16-8-10-18-11-9-16)13-15-6-4-5-7-17(15)20-3;5-3(6)1-2-4(7)8/h4-7,14,16,18H,8-13H2,1-3H3;1-2H,(H,5,6)(H,7,8)/b;2-1+. The van der Waals surface area contributed by atoms with E-state index < -0.39 is 11.9 Å². The summed E-state index contributed by atoms with van der Waals surface area (Å²) in [6, 6.07) is 9.09. The number of aliphatic carboxylic acids is 2. The maximum atomic E-state index is 9.55. The predicted octanol–water partition coefficient (Wildman–Crippen LogP) is 2.62. The molecule has 2 rings (SSSR count). The summed E-state index contributed by atoms with van der Waals surface area (Å²) in [5, 5.41) is 19.1. The SMILES string of the molecule is COc1ccccc1CN(CC(C)C)C1CCNCC1.O=C(O)/C=C/C(=O)O. The van der Waals surface area contributed by atoms with E-state index in [1.165, 1.54) is 18.4 Å². The van der Waals surface area contributed by atoms with Crippen molar-refractivity contribution < 1.29 is 24.5 Å². The Hall–Kier alpha value is -2.38. The van der Waals surface area contributed by atoms with Crippen LogP contribution in [0.25, 0.3) is 0 Å². The van der Waals surface area contributed by atoms with Crippen LogP contribution in [0.2, 0.25) is 0 Å². The summed E-state index contributed by atoms with van der Waals surface area (Å²) in [6.07, 6.45) is 3.62. The van der Waals surface area contributed by atoms with Crippen LogP contribution in [0, 0.1) is 5.92 Å². The van der Waals surface area contributed by atoms with Crippen LogP contribution in [0.1, 0.15) is 32.3 Å².